The Hall–Kier alpha value is -4.84. The maximum atomic E-state index is 13.5. The van der Waals surface area contributed by atoms with Gasteiger partial charge in [-0.2, -0.15) is 19.9 Å². The number of nitrogens with zero attached hydrogens (tertiary/aromatic N) is 5. The van der Waals surface area contributed by atoms with Crippen LogP contribution in [0, 0.1) is 6.92 Å². The van der Waals surface area contributed by atoms with E-state index in [0.29, 0.717) is 59.1 Å². The van der Waals surface area contributed by atoms with Crippen LogP contribution in [0.25, 0.3) is 22.7 Å². The molecular weight excluding hydrogens is 550 g/mol. The Labute approximate surface area is 239 Å². The maximum absolute atomic E-state index is 13.5. The number of hydrogen-bond donors (Lipinski definition) is 2. The van der Waals surface area contributed by atoms with Gasteiger partial charge in [0.25, 0.3) is 11.5 Å². The first-order chi connectivity index (χ1) is 19.8. The first-order valence-corrected chi connectivity index (χ1v) is 13.4. The number of benzene rings is 2. The number of carbonyl (C=O) groups excluding carboxylic acids is 1. The number of H-pyrrole nitrogens is 1. The van der Waals surface area contributed by atoms with Crippen molar-refractivity contribution in [2.24, 2.45) is 0 Å². The summed E-state index contributed by atoms with van der Waals surface area (Å²) < 4.78 is 20.1. The summed E-state index contributed by atoms with van der Waals surface area (Å²) in [5.74, 6) is 1.13. The fraction of sp³-hybridized carbons (Fsp3) is 0.250. The molecule has 0 saturated heterocycles. The normalized spacial score (nSPS) is 11.0. The van der Waals surface area contributed by atoms with Crippen molar-refractivity contribution in [2.75, 3.05) is 25.1 Å². The number of aromatic nitrogens is 6. The lowest BCUT2D eigenvalue weighted by molar-refractivity contribution is 0.102. The van der Waals surface area contributed by atoms with E-state index in [1.54, 1.807) is 49.4 Å². The van der Waals surface area contributed by atoms with Crippen LogP contribution in [0.2, 0.25) is 5.02 Å². The molecule has 12 nitrogen and oxygen atoms in total. The molecule has 13 heteroatoms. The molecule has 0 aliphatic rings. The van der Waals surface area contributed by atoms with Crippen LogP contribution >= 0.6 is 11.6 Å². The van der Waals surface area contributed by atoms with Crippen LogP contribution in [0.1, 0.15) is 36.8 Å². The van der Waals surface area contributed by atoms with Crippen LogP contribution in [0.4, 0.5) is 5.82 Å². The largest absolute Gasteiger partial charge is 0.490 e. The molecule has 0 bridgehead atoms. The summed E-state index contributed by atoms with van der Waals surface area (Å²) in [6.07, 6.45) is 1.43. The van der Waals surface area contributed by atoms with Gasteiger partial charge in [0, 0.05) is 16.7 Å². The molecule has 2 aromatic carbocycles. The molecule has 3 heterocycles. The van der Waals surface area contributed by atoms with E-state index in [0.717, 1.165) is 0 Å². The van der Waals surface area contributed by atoms with E-state index in [1.807, 2.05) is 20.8 Å². The molecule has 2 N–H and O–H groups in total. The van der Waals surface area contributed by atoms with E-state index in [9.17, 15) is 9.59 Å². The van der Waals surface area contributed by atoms with E-state index in [4.69, 9.17) is 25.8 Å². The van der Waals surface area contributed by atoms with Crippen molar-refractivity contribution >= 4 is 34.4 Å². The number of nitrogens with one attached hydrogen (secondary N) is 2. The maximum Gasteiger partial charge on any atom is 0.263 e. The summed E-state index contributed by atoms with van der Waals surface area (Å²) in [4.78, 5) is 33.8. The molecule has 0 spiro atoms. The summed E-state index contributed by atoms with van der Waals surface area (Å²) >= 11 is 6.17. The van der Waals surface area contributed by atoms with Gasteiger partial charge in [0.1, 0.15) is 11.2 Å². The van der Waals surface area contributed by atoms with Crippen LogP contribution < -0.4 is 25.1 Å². The van der Waals surface area contributed by atoms with Gasteiger partial charge < -0.3 is 19.5 Å². The summed E-state index contributed by atoms with van der Waals surface area (Å²) in [6.45, 7) is 8.44. The Bertz CT molecular complexity index is 1770. The quantitative estimate of drug-likeness (QED) is 0.243. The van der Waals surface area contributed by atoms with Crippen molar-refractivity contribution in [1.29, 1.82) is 0 Å². The minimum atomic E-state index is -0.455. The number of fused-ring (bicyclic) bond motifs is 1. The molecule has 0 aliphatic carbocycles. The molecule has 0 aliphatic heterocycles. The first-order valence-electron chi connectivity index (χ1n) is 13.0. The second-order valence-corrected chi connectivity index (χ2v) is 9.24. The highest BCUT2D eigenvalue weighted by molar-refractivity contribution is 6.30. The Morgan fingerprint density at radius 1 is 1.00 bits per heavy atom. The van der Waals surface area contributed by atoms with Gasteiger partial charge in [-0.1, -0.05) is 17.7 Å². The number of amides is 1. The number of rotatable bonds is 10. The number of anilines is 1. The number of hydrogen-bond acceptors (Lipinski definition) is 8. The molecule has 0 radical (unpaired) electrons. The fourth-order valence-corrected chi connectivity index (χ4v) is 4.45. The van der Waals surface area contributed by atoms with Gasteiger partial charge in [0.2, 0.25) is 11.7 Å². The number of carbonyl (C=O) groups is 1. The van der Waals surface area contributed by atoms with Crippen molar-refractivity contribution in [3.8, 4) is 28.9 Å². The third kappa shape index (κ3) is 5.59. The van der Waals surface area contributed by atoms with Gasteiger partial charge >= 0.3 is 0 Å². The first kappa shape index (κ1) is 27.7. The molecule has 0 fully saturated rings. The van der Waals surface area contributed by atoms with Gasteiger partial charge in [-0.25, -0.2) is 4.68 Å². The molecular formula is C28H28ClN7O5. The van der Waals surface area contributed by atoms with Crippen molar-refractivity contribution in [2.45, 2.75) is 27.7 Å². The van der Waals surface area contributed by atoms with E-state index in [1.165, 1.54) is 15.6 Å². The number of aryl methyl sites for hydroxylation is 1. The highest BCUT2D eigenvalue weighted by Gasteiger charge is 2.21. The standard InChI is InChI=1S/C28H28ClN7O5/c1-5-39-21-12-17(13-22(40-6-2)24(21)41-7-3)26(37)31-23-11-16(4)34-36(23)28-32-25-20(27(38)33-28)15-30-35(25)19-10-8-9-18(29)14-19/h8-15H,5-7H2,1-4H3,(H,31,37)(H,32,33,38). The molecule has 41 heavy (non-hydrogen) atoms. The van der Waals surface area contributed by atoms with Crippen LogP contribution in [-0.2, 0) is 0 Å². The average molecular weight is 578 g/mol. The van der Waals surface area contributed by atoms with Crippen LogP contribution in [0.15, 0.2) is 53.5 Å². The topological polar surface area (TPSA) is 138 Å². The lowest BCUT2D eigenvalue weighted by atomic mass is 10.1. The van der Waals surface area contributed by atoms with Gasteiger partial charge in [0.05, 0.1) is 37.4 Å². The zero-order chi connectivity index (χ0) is 29.1. The number of aromatic amines is 1. The highest BCUT2D eigenvalue weighted by atomic mass is 35.5. The third-order valence-corrected chi connectivity index (χ3v) is 6.16. The number of halogens is 1. The number of ether oxygens (including phenoxy) is 3. The summed E-state index contributed by atoms with van der Waals surface area (Å²) in [5.41, 5.74) is 1.38. The minimum Gasteiger partial charge on any atom is -0.490 e. The summed E-state index contributed by atoms with van der Waals surface area (Å²) in [5, 5.41) is 12.4. The molecule has 3 aromatic heterocycles. The molecule has 0 atom stereocenters. The van der Waals surface area contributed by atoms with Crippen molar-refractivity contribution < 1.29 is 19.0 Å². The van der Waals surface area contributed by atoms with Gasteiger partial charge in [-0.3, -0.25) is 14.6 Å². The zero-order valence-electron chi connectivity index (χ0n) is 22.9. The molecule has 0 unspecified atom stereocenters. The third-order valence-electron chi connectivity index (χ3n) is 5.92. The van der Waals surface area contributed by atoms with E-state index in [-0.39, 0.29) is 22.7 Å². The lowest BCUT2D eigenvalue weighted by Crippen LogP contribution is -2.19. The van der Waals surface area contributed by atoms with Gasteiger partial charge in [-0.15, -0.1) is 0 Å². The molecule has 0 saturated carbocycles. The summed E-state index contributed by atoms with van der Waals surface area (Å²) in [7, 11) is 0. The second kappa shape index (κ2) is 11.7. The van der Waals surface area contributed by atoms with E-state index < -0.39 is 11.5 Å². The second-order valence-electron chi connectivity index (χ2n) is 8.80. The molecule has 5 aromatic rings. The minimum absolute atomic E-state index is 0.0892. The van der Waals surface area contributed by atoms with E-state index >= 15 is 0 Å². The van der Waals surface area contributed by atoms with Crippen LogP contribution in [-0.4, -0.2) is 55.3 Å². The van der Waals surface area contributed by atoms with Gasteiger partial charge in [-0.05, 0) is 58.0 Å². The van der Waals surface area contributed by atoms with Crippen molar-refractivity contribution in [3.05, 3.63) is 75.3 Å². The lowest BCUT2D eigenvalue weighted by Gasteiger charge is -2.17. The average Bonchev–Trinajstić information content (AvgIpc) is 3.54. The molecule has 1 amide bonds. The Kier molecular flexibility index (Phi) is 7.92. The monoisotopic (exact) mass is 577 g/mol. The predicted molar refractivity (Wildman–Crippen MR) is 154 cm³/mol. The predicted octanol–water partition coefficient (Wildman–Crippen LogP) is 4.70. The zero-order valence-corrected chi connectivity index (χ0v) is 23.7. The molecule has 5 rings (SSSR count). The Morgan fingerprint density at radius 2 is 1.71 bits per heavy atom. The van der Waals surface area contributed by atoms with Crippen molar-refractivity contribution in [1.82, 2.24) is 29.5 Å². The van der Waals surface area contributed by atoms with E-state index in [2.05, 4.69) is 25.5 Å². The summed E-state index contributed by atoms with van der Waals surface area (Å²) in [6, 6.07) is 11.9. The van der Waals surface area contributed by atoms with Gasteiger partial charge in [0.15, 0.2) is 17.1 Å². The van der Waals surface area contributed by atoms with Crippen LogP contribution in [0.5, 0.6) is 17.2 Å². The molecule has 212 valence electrons. The SMILES string of the molecule is CCOc1cc(C(=O)Nc2cc(C)nn2-c2nc3c(cnn3-c3cccc(Cl)c3)c(=O)[nH]2)cc(OCC)c1OCC. The van der Waals surface area contributed by atoms with Crippen molar-refractivity contribution in [3.63, 3.8) is 0 Å². The highest BCUT2D eigenvalue weighted by Crippen LogP contribution is 2.39. The van der Waals surface area contributed by atoms with Crippen LogP contribution in [0.3, 0.4) is 0 Å². The smallest absolute Gasteiger partial charge is 0.263 e. The Balaban J connectivity index is 1.54. The Morgan fingerprint density at radius 3 is 2.37 bits per heavy atom. The fourth-order valence-electron chi connectivity index (χ4n) is 4.26.